The van der Waals surface area contributed by atoms with E-state index in [4.69, 9.17) is 4.74 Å². The second-order valence-corrected chi connectivity index (χ2v) is 4.03. The third kappa shape index (κ3) is 2.73. The maximum absolute atomic E-state index is 9.67. The third-order valence-electron chi connectivity index (χ3n) is 2.45. The van der Waals surface area contributed by atoms with Crippen LogP contribution in [0.2, 0.25) is 0 Å². The highest BCUT2D eigenvalue weighted by Gasteiger charge is 2.31. The Morgan fingerprint density at radius 2 is 2.33 bits per heavy atom. The van der Waals surface area contributed by atoms with Crippen molar-refractivity contribution < 1.29 is 9.84 Å². The summed E-state index contributed by atoms with van der Waals surface area (Å²) in [6.07, 6.45) is 1.14. The first kappa shape index (κ1) is 9.96. The third-order valence-corrected chi connectivity index (χ3v) is 2.45. The molecule has 1 rings (SSSR count). The highest BCUT2D eigenvalue weighted by molar-refractivity contribution is 4.86. The molecule has 0 bridgehead atoms. The lowest BCUT2D eigenvalue weighted by Crippen LogP contribution is -2.34. The van der Waals surface area contributed by atoms with E-state index in [1.807, 2.05) is 13.8 Å². The second kappa shape index (κ2) is 3.73. The van der Waals surface area contributed by atoms with Crippen LogP contribution >= 0.6 is 0 Å². The lowest BCUT2D eigenvalue weighted by molar-refractivity contribution is 0.0504. The summed E-state index contributed by atoms with van der Waals surface area (Å²) < 4.78 is 5.16. The molecule has 1 N–H and O–H groups in total. The summed E-state index contributed by atoms with van der Waals surface area (Å²) in [7, 11) is 1.72. The zero-order valence-electron chi connectivity index (χ0n) is 8.21. The Labute approximate surface area is 74.3 Å². The molecule has 1 fully saturated rings. The zero-order valence-corrected chi connectivity index (χ0v) is 8.21. The maximum atomic E-state index is 9.67. The van der Waals surface area contributed by atoms with Crippen LogP contribution in [0, 0.1) is 0 Å². The molecular weight excluding hydrogens is 154 g/mol. The summed E-state index contributed by atoms with van der Waals surface area (Å²) in [6, 6.07) is 0. The molecule has 2 unspecified atom stereocenters. The summed E-state index contributed by atoms with van der Waals surface area (Å²) >= 11 is 0. The van der Waals surface area contributed by atoms with E-state index in [1.165, 1.54) is 0 Å². The predicted molar refractivity (Wildman–Crippen MR) is 48.2 cm³/mol. The molecule has 3 nitrogen and oxygen atoms in total. The van der Waals surface area contributed by atoms with E-state index >= 15 is 0 Å². The van der Waals surface area contributed by atoms with Crippen molar-refractivity contribution in [1.82, 2.24) is 4.90 Å². The van der Waals surface area contributed by atoms with E-state index in [9.17, 15) is 5.11 Å². The first-order chi connectivity index (χ1) is 5.53. The molecular formula is C9H19NO2. The lowest BCUT2D eigenvalue weighted by Gasteiger charge is -2.21. The summed E-state index contributed by atoms with van der Waals surface area (Å²) in [5, 5.41) is 9.67. The standard InChI is InChI=1S/C9H19NO2/c1-8(12-3)6-10-5-4-9(2,11)7-10/h8,11H,4-7H2,1-3H3. The number of hydrogen-bond acceptors (Lipinski definition) is 3. The van der Waals surface area contributed by atoms with E-state index in [2.05, 4.69) is 4.90 Å². The van der Waals surface area contributed by atoms with E-state index in [0.717, 1.165) is 26.1 Å². The fourth-order valence-corrected chi connectivity index (χ4v) is 1.63. The van der Waals surface area contributed by atoms with Crippen LogP contribution in [0.25, 0.3) is 0 Å². The number of ether oxygens (including phenoxy) is 1. The van der Waals surface area contributed by atoms with Gasteiger partial charge in [-0.05, 0) is 20.3 Å². The fraction of sp³-hybridized carbons (Fsp3) is 1.00. The Bertz CT molecular complexity index is 147. The van der Waals surface area contributed by atoms with Crippen LogP contribution in [-0.2, 0) is 4.74 Å². The minimum atomic E-state index is -0.479. The van der Waals surface area contributed by atoms with Gasteiger partial charge in [0.05, 0.1) is 11.7 Å². The van der Waals surface area contributed by atoms with E-state index < -0.39 is 5.60 Å². The van der Waals surface area contributed by atoms with Crippen molar-refractivity contribution in [1.29, 1.82) is 0 Å². The predicted octanol–water partition coefficient (Wildman–Crippen LogP) is 0.478. The zero-order chi connectivity index (χ0) is 9.19. The molecule has 1 aliphatic rings. The smallest absolute Gasteiger partial charge is 0.0758 e. The Morgan fingerprint density at radius 3 is 2.75 bits per heavy atom. The summed E-state index contributed by atoms with van der Waals surface area (Å²) in [6.45, 7) is 6.63. The number of aliphatic hydroxyl groups is 1. The summed E-state index contributed by atoms with van der Waals surface area (Å²) in [4.78, 5) is 2.24. The van der Waals surface area contributed by atoms with Gasteiger partial charge in [-0.2, -0.15) is 0 Å². The molecule has 12 heavy (non-hydrogen) atoms. The normalized spacial score (nSPS) is 34.0. The molecule has 1 saturated heterocycles. The Hall–Kier alpha value is -0.120. The topological polar surface area (TPSA) is 32.7 Å². The van der Waals surface area contributed by atoms with Crippen molar-refractivity contribution in [2.45, 2.75) is 32.0 Å². The Kier molecular flexibility index (Phi) is 3.09. The molecule has 0 saturated carbocycles. The molecule has 0 aliphatic carbocycles. The van der Waals surface area contributed by atoms with E-state index in [0.29, 0.717) is 0 Å². The Morgan fingerprint density at radius 1 is 1.67 bits per heavy atom. The largest absolute Gasteiger partial charge is 0.389 e. The van der Waals surface area contributed by atoms with Crippen molar-refractivity contribution >= 4 is 0 Å². The van der Waals surface area contributed by atoms with Gasteiger partial charge in [-0.3, -0.25) is 4.90 Å². The SMILES string of the molecule is COC(C)CN1CCC(C)(O)C1. The van der Waals surface area contributed by atoms with Crippen LogP contribution in [0.4, 0.5) is 0 Å². The number of β-amino-alcohol motifs (C(OH)–C–C–N with tert-alkyl or cyclic N) is 1. The van der Waals surface area contributed by atoms with Gasteiger partial charge in [0.2, 0.25) is 0 Å². The van der Waals surface area contributed by atoms with Gasteiger partial charge in [0, 0.05) is 26.7 Å². The number of hydrogen-bond donors (Lipinski definition) is 1. The molecule has 0 aromatic heterocycles. The quantitative estimate of drug-likeness (QED) is 0.673. The average Bonchev–Trinajstić information content (AvgIpc) is 2.30. The number of rotatable bonds is 3. The fourth-order valence-electron chi connectivity index (χ4n) is 1.63. The molecule has 3 heteroatoms. The van der Waals surface area contributed by atoms with Gasteiger partial charge in [-0.15, -0.1) is 0 Å². The molecule has 1 aliphatic heterocycles. The van der Waals surface area contributed by atoms with Crippen LogP contribution < -0.4 is 0 Å². The second-order valence-electron chi connectivity index (χ2n) is 4.03. The van der Waals surface area contributed by atoms with Crippen molar-refractivity contribution in [3.63, 3.8) is 0 Å². The monoisotopic (exact) mass is 173 g/mol. The first-order valence-electron chi connectivity index (χ1n) is 4.51. The molecule has 72 valence electrons. The minimum Gasteiger partial charge on any atom is -0.389 e. The molecule has 0 amide bonds. The van der Waals surface area contributed by atoms with Gasteiger partial charge in [-0.25, -0.2) is 0 Å². The molecule has 0 aromatic carbocycles. The molecule has 0 radical (unpaired) electrons. The molecule has 0 aromatic rings. The lowest BCUT2D eigenvalue weighted by atomic mass is 10.1. The highest BCUT2D eigenvalue weighted by Crippen LogP contribution is 2.20. The minimum absolute atomic E-state index is 0.263. The van der Waals surface area contributed by atoms with Crippen LogP contribution in [-0.4, -0.2) is 48.5 Å². The van der Waals surface area contributed by atoms with Gasteiger partial charge < -0.3 is 9.84 Å². The van der Waals surface area contributed by atoms with Crippen LogP contribution in [0.1, 0.15) is 20.3 Å². The maximum Gasteiger partial charge on any atom is 0.0758 e. The highest BCUT2D eigenvalue weighted by atomic mass is 16.5. The van der Waals surface area contributed by atoms with Gasteiger partial charge in [0.25, 0.3) is 0 Å². The van der Waals surface area contributed by atoms with Gasteiger partial charge in [0.15, 0.2) is 0 Å². The molecule has 1 heterocycles. The van der Waals surface area contributed by atoms with Crippen molar-refractivity contribution in [3.05, 3.63) is 0 Å². The number of methoxy groups -OCH3 is 1. The van der Waals surface area contributed by atoms with Gasteiger partial charge in [-0.1, -0.05) is 0 Å². The van der Waals surface area contributed by atoms with Crippen molar-refractivity contribution in [2.75, 3.05) is 26.7 Å². The van der Waals surface area contributed by atoms with Crippen molar-refractivity contribution in [3.8, 4) is 0 Å². The van der Waals surface area contributed by atoms with Crippen molar-refractivity contribution in [2.24, 2.45) is 0 Å². The van der Waals surface area contributed by atoms with Crippen LogP contribution in [0.5, 0.6) is 0 Å². The first-order valence-corrected chi connectivity index (χ1v) is 4.51. The number of likely N-dealkylation sites (tertiary alicyclic amines) is 1. The Balaban J connectivity index is 2.28. The summed E-state index contributed by atoms with van der Waals surface area (Å²) in [5.41, 5.74) is -0.479. The number of nitrogens with zero attached hydrogens (tertiary/aromatic N) is 1. The van der Waals surface area contributed by atoms with E-state index in [1.54, 1.807) is 7.11 Å². The average molecular weight is 173 g/mol. The van der Waals surface area contributed by atoms with Gasteiger partial charge >= 0.3 is 0 Å². The molecule has 2 atom stereocenters. The molecule has 0 spiro atoms. The van der Waals surface area contributed by atoms with Gasteiger partial charge in [0.1, 0.15) is 0 Å². The summed E-state index contributed by atoms with van der Waals surface area (Å²) in [5.74, 6) is 0. The van der Waals surface area contributed by atoms with E-state index in [-0.39, 0.29) is 6.10 Å². The van der Waals surface area contributed by atoms with Crippen LogP contribution in [0.3, 0.4) is 0 Å². The van der Waals surface area contributed by atoms with Crippen LogP contribution in [0.15, 0.2) is 0 Å².